The van der Waals surface area contributed by atoms with Gasteiger partial charge in [0.25, 0.3) is 0 Å². The lowest BCUT2D eigenvalue weighted by Crippen LogP contribution is -2.52. The summed E-state index contributed by atoms with van der Waals surface area (Å²) in [7, 11) is -3.63. The van der Waals surface area contributed by atoms with E-state index < -0.39 is 21.6 Å². The minimum Gasteiger partial charge on any atom is -0.492 e. The SMILES string of the molecule is CCOc1ccccc1N(CCCC(=O)N(Cc1ccccc1Cl)[C@@H](C)C(=O)NC(C)(C)C)S(C)(=O)=O. The van der Waals surface area contributed by atoms with Gasteiger partial charge in [0, 0.05) is 30.1 Å². The molecule has 37 heavy (non-hydrogen) atoms. The zero-order chi connectivity index (χ0) is 27.8. The third-order valence-electron chi connectivity index (χ3n) is 5.55. The van der Waals surface area contributed by atoms with Crippen LogP contribution in [-0.2, 0) is 26.2 Å². The molecule has 0 saturated carbocycles. The topological polar surface area (TPSA) is 96.0 Å². The van der Waals surface area contributed by atoms with Gasteiger partial charge in [-0.05, 0) is 64.8 Å². The average molecular weight is 552 g/mol. The van der Waals surface area contributed by atoms with Gasteiger partial charge in [0.05, 0.1) is 18.6 Å². The van der Waals surface area contributed by atoms with E-state index in [0.717, 1.165) is 11.8 Å². The number of hydrogen-bond acceptors (Lipinski definition) is 5. The minimum atomic E-state index is -3.63. The Hall–Kier alpha value is -2.78. The number of amides is 2. The van der Waals surface area contributed by atoms with Crippen LogP contribution in [0.25, 0.3) is 0 Å². The Kier molecular flexibility index (Phi) is 10.8. The normalized spacial score (nSPS) is 12.5. The Labute approximate surface area is 226 Å². The maximum Gasteiger partial charge on any atom is 0.242 e. The van der Waals surface area contributed by atoms with Crippen molar-refractivity contribution in [3.05, 3.63) is 59.1 Å². The number of ether oxygens (including phenoxy) is 1. The van der Waals surface area contributed by atoms with Gasteiger partial charge >= 0.3 is 0 Å². The predicted molar refractivity (Wildman–Crippen MR) is 148 cm³/mol. The van der Waals surface area contributed by atoms with Crippen LogP contribution in [-0.4, -0.2) is 56.1 Å². The highest BCUT2D eigenvalue weighted by Gasteiger charge is 2.29. The lowest BCUT2D eigenvalue weighted by Gasteiger charge is -2.32. The van der Waals surface area contributed by atoms with Gasteiger partial charge in [-0.15, -0.1) is 0 Å². The first kappa shape index (κ1) is 30.4. The Morgan fingerprint density at radius 3 is 2.30 bits per heavy atom. The summed E-state index contributed by atoms with van der Waals surface area (Å²) in [6, 6.07) is 13.3. The summed E-state index contributed by atoms with van der Waals surface area (Å²) < 4.78 is 32.1. The molecule has 204 valence electrons. The summed E-state index contributed by atoms with van der Waals surface area (Å²) >= 11 is 6.34. The number of nitrogens with zero attached hydrogens (tertiary/aromatic N) is 2. The van der Waals surface area contributed by atoms with E-state index in [4.69, 9.17) is 16.3 Å². The van der Waals surface area contributed by atoms with E-state index >= 15 is 0 Å². The number of nitrogens with one attached hydrogen (secondary N) is 1. The van der Waals surface area contributed by atoms with Gasteiger partial charge in [-0.3, -0.25) is 13.9 Å². The Morgan fingerprint density at radius 1 is 1.08 bits per heavy atom. The molecular formula is C27H38ClN3O5S. The lowest BCUT2D eigenvalue weighted by molar-refractivity contribution is -0.141. The van der Waals surface area contributed by atoms with E-state index in [9.17, 15) is 18.0 Å². The molecule has 0 aliphatic heterocycles. The van der Waals surface area contributed by atoms with Crippen molar-refractivity contribution in [1.82, 2.24) is 10.2 Å². The molecule has 0 aromatic heterocycles. The van der Waals surface area contributed by atoms with E-state index in [1.165, 1.54) is 9.21 Å². The molecule has 0 heterocycles. The van der Waals surface area contributed by atoms with Gasteiger partial charge in [0.2, 0.25) is 21.8 Å². The van der Waals surface area contributed by atoms with E-state index in [0.29, 0.717) is 23.1 Å². The van der Waals surface area contributed by atoms with Crippen molar-refractivity contribution in [2.75, 3.05) is 23.7 Å². The van der Waals surface area contributed by atoms with Gasteiger partial charge in [-0.1, -0.05) is 41.9 Å². The average Bonchev–Trinajstić information content (AvgIpc) is 2.79. The molecule has 0 aliphatic rings. The minimum absolute atomic E-state index is 0.0421. The van der Waals surface area contributed by atoms with Crippen molar-refractivity contribution >= 4 is 39.1 Å². The fraction of sp³-hybridized carbons (Fsp3) is 0.481. The molecule has 2 amide bonds. The van der Waals surface area contributed by atoms with E-state index in [1.54, 1.807) is 43.3 Å². The highest BCUT2D eigenvalue weighted by Crippen LogP contribution is 2.30. The molecule has 0 saturated heterocycles. The molecule has 8 nitrogen and oxygen atoms in total. The fourth-order valence-corrected chi connectivity index (χ4v) is 4.95. The van der Waals surface area contributed by atoms with Crippen LogP contribution in [0.15, 0.2) is 48.5 Å². The third kappa shape index (κ3) is 9.23. The van der Waals surface area contributed by atoms with Gasteiger partial charge in [-0.2, -0.15) is 0 Å². The van der Waals surface area contributed by atoms with E-state index in [-0.39, 0.29) is 37.7 Å². The van der Waals surface area contributed by atoms with Crippen LogP contribution in [0.2, 0.25) is 5.02 Å². The van der Waals surface area contributed by atoms with E-state index in [1.807, 2.05) is 39.8 Å². The molecule has 2 rings (SSSR count). The maximum absolute atomic E-state index is 13.4. The Balaban J connectivity index is 2.24. The predicted octanol–water partition coefficient (Wildman–Crippen LogP) is 4.62. The summed E-state index contributed by atoms with van der Waals surface area (Å²) in [6.07, 6.45) is 1.42. The third-order valence-corrected chi connectivity index (χ3v) is 7.10. The highest BCUT2D eigenvalue weighted by atomic mass is 35.5. The first-order valence-corrected chi connectivity index (χ1v) is 14.5. The first-order valence-electron chi connectivity index (χ1n) is 12.3. The van der Waals surface area contributed by atoms with Gasteiger partial charge in [0.1, 0.15) is 11.8 Å². The number of benzene rings is 2. The second-order valence-corrected chi connectivity index (χ2v) is 12.2. The molecule has 0 aliphatic carbocycles. The number of anilines is 1. The van der Waals surface area contributed by atoms with Crippen LogP contribution < -0.4 is 14.4 Å². The van der Waals surface area contributed by atoms with Crippen molar-refractivity contribution < 1.29 is 22.7 Å². The van der Waals surface area contributed by atoms with Crippen LogP contribution in [0.5, 0.6) is 5.75 Å². The summed E-state index contributed by atoms with van der Waals surface area (Å²) in [6.45, 7) is 9.74. The molecule has 0 unspecified atom stereocenters. The number of hydrogen-bond donors (Lipinski definition) is 1. The smallest absolute Gasteiger partial charge is 0.242 e. The molecule has 1 N–H and O–H groups in total. The van der Waals surface area contributed by atoms with Crippen LogP contribution in [0, 0.1) is 0 Å². The van der Waals surface area contributed by atoms with Gasteiger partial charge < -0.3 is 15.0 Å². The molecular weight excluding hydrogens is 514 g/mol. The molecule has 1 atom stereocenters. The monoisotopic (exact) mass is 551 g/mol. The molecule has 0 fully saturated rings. The van der Waals surface area contributed by atoms with Crippen molar-refractivity contribution in [1.29, 1.82) is 0 Å². The first-order chi connectivity index (χ1) is 17.2. The van der Waals surface area contributed by atoms with Crippen molar-refractivity contribution in [2.45, 2.75) is 65.6 Å². The lowest BCUT2D eigenvalue weighted by atomic mass is 10.1. The Bertz CT molecular complexity index is 1180. The fourth-order valence-electron chi connectivity index (χ4n) is 3.79. The van der Waals surface area contributed by atoms with Crippen molar-refractivity contribution in [2.24, 2.45) is 0 Å². The molecule has 2 aromatic carbocycles. The van der Waals surface area contributed by atoms with Crippen molar-refractivity contribution in [3.63, 3.8) is 0 Å². The summed E-state index contributed by atoms with van der Waals surface area (Å²) in [5.41, 5.74) is 0.676. The second kappa shape index (κ2) is 13.1. The van der Waals surface area contributed by atoms with Crippen LogP contribution >= 0.6 is 11.6 Å². The Morgan fingerprint density at radius 2 is 1.70 bits per heavy atom. The van der Waals surface area contributed by atoms with Gasteiger partial charge in [-0.25, -0.2) is 8.42 Å². The molecule has 0 radical (unpaired) electrons. The van der Waals surface area contributed by atoms with E-state index in [2.05, 4.69) is 5.32 Å². The standard InChI is InChI=1S/C27H38ClN3O5S/c1-7-36-24-16-11-10-15-23(24)31(37(6,34)35)18-12-17-25(32)30(19-21-13-8-9-14-22(21)28)20(2)26(33)29-27(3,4)5/h8-11,13-16,20H,7,12,17-19H2,1-6H3,(H,29,33)/t20-/m0/s1. The highest BCUT2D eigenvalue weighted by molar-refractivity contribution is 7.92. The van der Waals surface area contributed by atoms with Crippen molar-refractivity contribution in [3.8, 4) is 5.75 Å². The second-order valence-electron chi connectivity index (χ2n) is 9.87. The molecule has 2 aromatic rings. The largest absolute Gasteiger partial charge is 0.492 e. The molecule has 0 bridgehead atoms. The number of rotatable bonds is 12. The summed E-state index contributed by atoms with van der Waals surface area (Å²) in [4.78, 5) is 27.8. The maximum atomic E-state index is 13.4. The number of para-hydroxylation sites is 2. The zero-order valence-corrected chi connectivity index (χ0v) is 24.0. The quantitative estimate of drug-likeness (QED) is 0.415. The number of sulfonamides is 1. The number of carbonyl (C=O) groups is 2. The number of carbonyl (C=O) groups excluding carboxylic acids is 2. The zero-order valence-electron chi connectivity index (χ0n) is 22.5. The van der Waals surface area contributed by atoms with Crippen LogP contribution in [0.4, 0.5) is 5.69 Å². The van der Waals surface area contributed by atoms with Crippen LogP contribution in [0.1, 0.15) is 53.0 Å². The number of halogens is 1. The molecule has 10 heteroatoms. The summed E-state index contributed by atoms with van der Waals surface area (Å²) in [5.74, 6) is -0.103. The molecule has 0 spiro atoms. The van der Waals surface area contributed by atoms with Gasteiger partial charge in [0.15, 0.2) is 0 Å². The van der Waals surface area contributed by atoms with Crippen LogP contribution in [0.3, 0.4) is 0 Å². The summed E-state index contributed by atoms with van der Waals surface area (Å²) in [5, 5.41) is 3.42.